The second-order valence-electron chi connectivity index (χ2n) is 10.9. The molecule has 0 heterocycles. The fourth-order valence-electron chi connectivity index (χ4n) is 4.62. The van der Waals surface area contributed by atoms with Crippen molar-refractivity contribution in [1.82, 2.24) is 0 Å². The average Bonchev–Trinajstić information content (AvgIpc) is 2.83. The summed E-state index contributed by atoms with van der Waals surface area (Å²) in [6.45, 7) is 2.89. The molecule has 0 bridgehead atoms. The van der Waals surface area contributed by atoms with E-state index in [1.165, 1.54) is 6.92 Å². The van der Waals surface area contributed by atoms with Crippen molar-refractivity contribution in [1.29, 1.82) is 0 Å². The number of carbonyl (C=O) groups is 1. The van der Waals surface area contributed by atoms with Crippen molar-refractivity contribution >= 4 is 33.0 Å². The van der Waals surface area contributed by atoms with Gasteiger partial charge in [-0.3, -0.25) is 4.79 Å². The molecule has 2 aromatic carbocycles. The Kier molecular flexibility index (Phi) is 12.0. The standard InChI is InChI=1S/C29H28ClF11O3S/c1-4-7-27(34,35)19-9-18(10-20(30)12-19)22(28(36,37)38)13-24(31)17-5-6-21(23(11-17)29(39,40)41)25(42)8-16(2)14-45(43,44)15-26(3,32)33/h5-6,9-13,16,22H,4,7-8,14-15H2,1-3H3/b24-13-/t16-,22?/m0/s1. The zero-order valence-electron chi connectivity index (χ0n) is 23.9. The van der Waals surface area contributed by atoms with Gasteiger partial charge in [0, 0.05) is 41.5 Å². The van der Waals surface area contributed by atoms with Crippen LogP contribution in [0.5, 0.6) is 0 Å². The number of ketones is 1. The molecule has 0 radical (unpaired) electrons. The van der Waals surface area contributed by atoms with Gasteiger partial charge in [-0.25, -0.2) is 30.4 Å². The van der Waals surface area contributed by atoms with Gasteiger partial charge < -0.3 is 0 Å². The Hall–Kier alpha value is -2.68. The molecule has 45 heavy (non-hydrogen) atoms. The molecule has 3 nitrogen and oxygen atoms in total. The molecule has 0 N–H and O–H groups in total. The van der Waals surface area contributed by atoms with Gasteiger partial charge in [-0.05, 0) is 41.8 Å². The third kappa shape index (κ3) is 11.3. The second-order valence-corrected chi connectivity index (χ2v) is 13.4. The van der Waals surface area contributed by atoms with E-state index in [4.69, 9.17) is 11.6 Å². The minimum atomic E-state index is -5.34. The highest BCUT2D eigenvalue weighted by atomic mass is 35.5. The van der Waals surface area contributed by atoms with E-state index in [1.54, 1.807) is 0 Å². The normalized spacial score (nSPS) is 15.2. The van der Waals surface area contributed by atoms with Crippen LogP contribution >= 0.6 is 11.6 Å². The predicted molar refractivity (Wildman–Crippen MR) is 147 cm³/mol. The minimum absolute atomic E-state index is 0.0398. The van der Waals surface area contributed by atoms with Crippen molar-refractivity contribution in [2.75, 3.05) is 11.5 Å². The Morgan fingerprint density at radius 1 is 0.956 bits per heavy atom. The van der Waals surface area contributed by atoms with Gasteiger partial charge in [0.1, 0.15) is 17.5 Å². The smallest absolute Gasteiger partial charge is 0.294 e. The fourth-order valence-corrected chi connectivity index (χ4v) is 6.74. The van der Waals surface area contributed by atoms with Gasteiger partial charge in [0.25, 0.3) is 11.8 Å². The number of halogens is 12. The molecule has 0 saturated carbocycles. The number of allylic oxidation sites excluding steroid dienone is 1. The number of benzene rings is 2. The van der Waals surface area contributed by atoms with E-state index in [0.717, 1.165) is 13.0 Å². The summed E-state index contributed by atoms with van der Waals surface area (Å²) in [5, 5.41) is -0.519. The van der Waals surface area contributed by atoms with Gasteiger partial charge in [-0.1, -0.05) is 44.0 Å². The summed E-state index contributed by atoms with van der Waals surface area (Å²) < 4.78 is 178. The van der Waals surface area contributed by atoms with Crippen LogP contribution in [-0.4, -0.2) is 37.8 Å². The van der Waals surface area contributed by atoms with Crippen LogP contribution in [-0.2, 0) is 21.9 Å². The molecule has 2 rings (SSSR count). The summed E-state index contributed by atoms with van der Waals surface area (Å²) >= 11 is 5.78. The third-order valence-corrected chi connectivity index (χ3v) is 8.62. The van der Waals surface area contributed by atoms with Crippen molar-refractivity contribution in [3.05, 3.63) is 75.3 Å². The van der Waals surface area contributed by atoms with Crippen LogP contribution in [0.3, 0.4) is 0 Å². The van der Waals surface area contributed by atoms with Crippen LogP contribution < -0.4 is 0 Å². The first kappa shape index (κ1) is 38.5. The largest absolute Gasteiger partial charge is 0.417 e. The number of sulfone groups is 1. The van der Waals surface area contributed by atoms with Gasteiger partial charge in [0.05, 0.1) is 11.3 Å². The van der Waals surface area contributed by atoms with E-state index in [2.05, 4.69) is 0 Å². The molecular weight excluding hydrogens is 673 g/mol. The van der Waals surface area contributed by atoms with E-state index in [-0.39, 0.29) is 18.6 Å². The average molecular weight is 701 g/mol. The Labute approximate surface area is 257 Å². The molecule has 252 valence electrons. The number of hydrogen-bond donors (Lipinski definition) is 0. The highest BCUT2D eigenvalue weighted by molar-refractivity contribution is 7.91. The van der Waals surface area contributed by atoms with Crippen LogP contribution in [0.4, 0.5) is 48.3 Å². The van der Waals surface area contributed by atoms with E-state index in [1.807, 2.05) is 0 Å². The summed E-state index contributed by atoms with van der Waals surface area (Å²) in [5.41, 5.74) is -5.62. The summed E-state index contributed by atoms with van der Waals surface area (Å²) in [6.07, 6.45) is -12.4. The lowest BCUT2D eigenvalue weighted by molar-refractivity contribution is -0.140. The molecule has 0 fully saturated rings. The summed E-state index contributed by atoms with van der Waals surface area (Å²) in [4.78, 5) is 12.7. The zero-order chi connectivity index (χ0) is 34.8. The maximum atomic E-state index is 15.2. The lowest BCUT2D eigenvalue weighted by Crippen LogP contribution is -2.29. The van der Waals surface area contributed by atoms with E-state index in [9.17, 15) is 57.1 Å². The molecule has 0 aromatic heterocycles. The van der Waals surface area contributed by atoms with Gasteiger partial charge >= 0.3 is 12.4 Å². The lowest BCUT2D eigenvalue weighted by atomic mass is 9.91. The Balaban J connectivity index is 2.52. The van der Waals surface area contributed by atoms with Crippen LogP contribution in [0.25, 0.3) is 5.83 Å². The maximum Gasteiger partial charge on any atom is 0.417 e. The molecular formula is C29H28ClF11O3S. The third-order valence-electron chi connectivity index (χ3n) is 6.38. The number of carbonyl (C=O) groups excluding carboxylic acids is 1. The summed E-state index contributed by atoms with van der Waals surface area (Å²) in [5.74, 6) is -16.9. The van der Waals surface area contributed by atoms with Crippen molar-refractivity contribution in [3.8, 4) is 0 Å². The number of hydrogen-bond acceptors (Lipinski definition) is 3. The molecule has 0 saturated heterocycles. The van der Waals surface area contributed by atoms with Gasteiger partial charge in [0.2, 0.25) is 0 Å². The molecule has 0 aliphatic rings. The van der Waals surface area contributed by atoms with Crippen LogP contribution in [0.2, 0.25) is 5.02 Å². The Morgan fingerprint density at radius 2 is 1.56 bits per heavy atom. The van der Waals surface area contributed by atoms with Crippen molar-refractivity contribution < 1.29 is 61.5 Å². The predicted octanol–water partition coefficient (Wildman–Crippen LogP) is 10.2. The maximum absolute atomic E-state index is 15.2. The molecule has 16 heteroatoms. The molecule has 0 aliphatic heterocycles. The number of alkyl halides is 10. The molecule has 2 aromatic rings. The number of rotatable bonds is 13. The van der Waals surface area contributed by atoms with E-state index < -0.39 is 115 Å². The fraction of sp³-hybridized carbons (Fsp3) is 0.483. The highest BCUT2D eigenvalue weighted by Crippen LogP contribution is 2.43. The van der Waals surface area contributed by atoms with E-state index in [0.29, 0.717) is 31.2 Å². The monoisotopic (exact) mass is 700 g/mol. The molecule has 2 atom stereocenters. The van der Waals surface area contributed by atoms with Gasteiger partial charge in [0.15, 0.2) is 15.6 Å². The Morgan fingerprint density at radius 3 is 2.07 bits per heavy atom. The van der Waals surface area contributed by atoms with E-state index >= 15 is 4.39 Å². The lowest BCUT2D eigenvalue weighted by Gasteiger charge is -2.22. The van der Waals surface area contributed by atoms with Crippen LogP contribution in [0.1, 0.15) is 78.6 Å². The molecule has 1 unspecified atom stereocenters. The van der Waals surface area contributed by atoms with Crippen molar-refractivity contribution in [2.24, 2.45) is 5.92 Å². The quantitative estimate of drug-likeness (QED) is 0.154. The second kappa shape index (κ2) is 14.0. The zero-order valence-corrected chi connectivity index (χ0v) is 25.5. The Bertz CT molecular complexity index is 1510. The SMILES string of the molecule is CCCC(F)(F)c1cc(Cl)cc(C(/C=C(\F)c2ccc(C(=O)C[C@H](C)CS(=O)(=O)CC(C)(F)F)c(C(F)(F)F)c2)C(F)(F)F)c1. The number of Topliss-reactive ketones (excluding diaryl/α,β-unsaturated/α-hetero) is 1. The minimum Gasteiger partial charge on any atom is -0.294 e. The first-order chi connectivity index (χ1) is 20.3. The summed E-state index contributed by atoms with van der Waals surface area (Å²) in [7, 11) is -4.41. The molecule has 0 amide bonds. The summed E-state index contributed by atoms with van der Waals surface area (Å²) in [6, 6.07) is 3.04. The van der Waals surface area contributed by atoms with Crippen LogP contribution in [0, 0.1) is 5.92 Å². The highest BCUT2D eigenvalue weighted by Gasteiger charge is 2.42. The molecule has 0 aliphatic carbocycles. The first-order valence-electron chi connectivity index (χ1n) is 13.2. The van der Waals surface area contributed by atoms with Crippen molar-refractivity contribution in [2.45, 2.75) is 70.1 Å². The van der Waals surface area contributed by atoms with Gasteiger partial charge in [-0.2, -0.15) is 26.3 Å². The topological polar surface area (TPSA) is 51.2 Å². The van der Waals surface area contributed by atoms with Crippen LogP contribution in [0.15, 0.2) is 42.5 Å². The first-order valence-corrected chi connectivity index (χ1v) is 15.4. The van der Waals surface area contributed by atoms with Crippen molar-refractivity contribution in [3.63, 3.8) is 0 Å². The molecule has 0 spiro atoms. The van der Waals surface area contributed by atoms with Gasteiger partial charge in [-0.15, -0.1) is 0 Å².